The topological polar surface area (TPSA) is 51.5 Å². The zero-order valence-corrected chi connectivity index (χ0v) is 9.95. The Labute approximate surface area is 106 Å². The fourth-order valence-electron chi connectivity index (χ4n) is 1.57. The summed E-state index contributed by atoms with van der Waals surface area (Å²) in [7, 11) is 0. The number of benzene rings is 1. The fraction of sp³-hybridized carbons (Fsp3) is 0.214. The molecule has 1 aromatic heterocycles. The lowest BCUT2D eigenvalue weighted by Crippen LogP contribution is -1.97. The second-order valence-electron chi connectivity index (χ2n) is 3.88. The van der Waals surface area contributed by atoms with Gasteiger partial charge in [-0.2, -0.15) is 4.91 Å². The summed E-state index contributed by atoms with van der Waals surface area (Å²) in [6.07, 6.45) is 2.38. The van der Waals surface area contributed by atoms with E-state index in [1.807, 2.05) is 42.5 Å². The predicted octanol–water partition coefficient (Wildman–Crippen LogP) is 2.97. The highest BCUT2D eigenvalue weighted by Crippen LogP contribution is 2.10. The van der Waals surface area contributed by atoms with Gasteiger partial charge in [0.15, 0.2) is 0 Å². The SMILES string of the molecule is O=NCCc1ccc(COc2ccccn2)cc1. The van der Waals surface area contributed by atoms with Gasteiger partial charge in [0.25, 0.3) is 0 Å². The predicted molar refractivity (Wildman–Crippen MR) is 69.4 cm³/mol. The summed E-state index contributed by atoms with van der Waals surface area (Å²) in [6.45, 7) is 0.813. The molecule has 0 aliphatic carbocycles. The number of aromatic nitrogens is 1. The standard InChI is InChI=1S/C14H14N2O2/c17-16-10-8-12-4-6-13(7-5-12)11-18-14-3-1-2-9-15-14/h1-7,9H,8,10-11H2. The normalized spacial score (nSPS) is 10.0. The van der Waals surface area contributed by atoms with E-state index >= 15 is 0 Å². The monoisotopic (exact) mass is 242 g/mol. The molecule has 18 heavy (non-hydrogen) atoms. The Morgan fingerprint density at radius 3 is 2.50 bits per heavy atom. The molecular weight excluding hydrogens is 228 g/mol. The molecule has 0 radical (unpaired) electrons. The van der Waals surface area contributed by atoms with Gasteiger partial charge in [0.2, 0.25) is 5.88 Å². The second-order valence-corrected chi connectivity index (χ2v) is 3.88. The summed E-state index contributed by atoms with van der Waals surface area (Å²) in [5.41, 5.74) is 2.18. The van der Waals surface area contributed by atoms with Gasteiger partial charge in [-0.1, -0.05) is 35.5 Å². The van der Waals surface area contributed by atoms with Crippen molar-refractivity contribution in [2.75, 3.05) is 6.54 Å². The van der Waals surface area contributed by atoms with Gasteiger partial charge in [0.1, 0.15) is 6.61 Å². The van der Waals surface area contributed by atoms with Gasteiger partial charge in [-0.15, -0.1) is 0 Å². The number of nitroso groups, excluding NO2 is 1. The highest BCUT2D eigenvalue weighted by molar-refractivity contribution is 5.23. The Kier molecular flexibility index (Phi) is 4.41. The molecule has 4 heteroatoms. The molecule has 0 N–H and O–H groups in total. The molecule has 0 amide bonds. The van der Waals surface area contributed by atoms with Crippen LogP contribution in [0.4, 0.5) is 0 Å². The summed E-state index contributed by atoms with van der Waals surface area (Å²) in [5.74, 6) is 0.617. The van der Waals surface area contributed by atoms with Gasteiger partial charge in [0.05, 0.1) is 6.54 Å². The Balaban J connectivity index is 1.88. The molecule has 0 aliphatic rings. The Bertz CT molecular complexity index is 483. The summed E-state index contributed by atoms with van der Waals surface area (Å²) >= 11 is 0. The lowest BCUT2D eigenvalue weighted by atomic mass is 10.1. The van der Waals surface area contributed by atoms with Crippen molar-refractivity contribution >= 4 is 0 Å². The van der Waals surface area contributed by atoms with E-state index in [2.05, 4.69) is 10.2 Å². The number of ether oxygens (including phenoxy) is 1. The van der Waals surface area contributed by atoms with Crippen LogP contribution < -0.4 is 4.74 Å². The van der Waals surface area contributed by atoms with Crippen molar-refractivity contribution in [2.45, 2.75) is 13.0 Å². The average Bonchev–Trinajstić information content (AvgIpc) is 2.45. The zero-order chi connectivity index (χ0) is 12.6. The third-order valence-electron chi connectivity index (χ3n) is 2.54. The number of nitrogens with zero attached hydrogens (tertiary/aromatic N) is 2. The molecule has 0 unspecified atom stereocenters. The van der Waals surface area contributed by atoms with E-state index in [-0.39, 0.29) is 0 Å². The first-order chi connectivity index (χ1) is 8.88. The Morgan fingerprint density at radius 1 is 1.06 bits per heavy atom. The Hall–Kier alpha value is -2.23. The molecule has 0 saturated carbocycles. The van der Waals surface area contributed by atoms with Crippen LogP contribution in [-0.4, -0.2) is 11.5 Å². The molecule has 1 aromatic carbocycles. The van der Waals surface area contributed by atoms with Crippen LogP contribution in [0.3, 0.4) is 0 Å². The van der Waals surface area contributed by atoms with Crippen molar-refractivity contribution < 1.29 is 4.74 Å². The van der Waals surface area contributed by atoms with Crippen LogP contribution in [0, 0.1) is 4.91 Å². The maximum absolute atomic E-state index is 10.0. The van der Waals surface area contributed by atoms with Crippen LogP contribution in [0.5, 0.6) is 5.88 Å². The van der Waals surface area contributed by atoms with Crippen molar-refractivity contribution in [3.05, 3.63) is 64.7 Å². The molecule has 0 saturated heterocycles. The first-order valence-electron chi connectivity index (χ1n) is 5.79. The smallest absolute Gasteiger partial charge is 0.213 e. The van der Waals surface area contributed by atoms with Gasteiger partial charge < -0.3 is 4.74 Å². The van der Waals surface area contributed by atoms with Gasteiger partial charge in [-0.25, -0.2) is 4.98 Å². The summed E-state index contributed by atoms with van der Waals surface area (Å²) in [5, 5.41) is 2.85. The lowest BCUT2D eigenvalue weighted by molar-refractivity contribution is 0.294. The minimum atomic E-state index is 0.323. The molecule has 4 nitrogen and oxygen atoms in total. The minimum Gasteiger partial charge on any atom is -0.473 e. The third-order valence-corrected chi connectivity index (χ3v) is 2.54. The minimum absolute atomic E-state index is 0.323. The summed E-state index contributed by atoms with van der Waals surface area (Å²) in [4.78, 5) is 14.1. The number of rotatable bonds is 6. The van der Waals surface area contributed by atoms with Crippen LogP contribution in [0.2, 0.25) is 0 Å². The van der Waals surface area contributed by atoms with Crippen molar-refractivity contribution in [2.24, 2.45) is 5.18 Å². The van der Waals surface area contributed by atoms with Gasteiger partial charge in [-0.05, 0) is 23.6 Å². The van der Waals surface area contributed by atoms with Crippen LogP contribution in [-0.2, 0) is 13.0 Å². The van der Waals surface area contributed by atoms with Crippen molar-refractivity contribution in [3.63, 3.8) is 0 Å². The summed E-state index contributed by atoms with van der Waals surface area (Å²) in [6, 6.07) is 13.5. The first-order valence-corrected chi connectivity index (χ1v) is 5.79. The maximum atomic E-state index is 10.0. The van der Waals surface area contributed by atoms with E-state index in [4.69, 9.17) is 4.74 Å². The molecule has 2 rings (SSSR count). The molecule has 0 fully saturated rings. The molecule has 92 valence electrons. The second kappa shape index (κ2) is 6.49. The quantitative estimate of drug-likeness (QED) is 0.732. The van der Waals surface area contributed by atoms with Gasteiger partial charge in [0, 0.05) is 12.3 Å². The van der Waals surface area contributed by atoms with E-state index in [9.17, 15) is 4.91 Å². The molecule has 0 bridgehead atoms. The van der Waals surface area contributed by atoms with E-state index in [1.54, 1.807) is 6.20 Å². The van der Waals surface area contributed by atoms with Crippen LogP contribution in [0.25, 0.3) is 0 Å². The van der Waals surface area contributed by atoms with E-state index < -0.39 is 0 Å². The molecule has 2 aromatic rings. The number of hydrogen-bond acceptors (Lipinski definition) is 4. The van der Waals surface area contributed by atoms with Gasteiger partial charge in [-0.3, -0.25) is 0 Å². The van der Waals surface area contributed by atoms with Crippen molar-refractivity contribution in [1.82, 2.24) is 4.98 Å². The van der Waals surface area contributed by atoms with Crippen molar-refractivity contribution in [1.29, 1.82) is 0 Å². The summed E-state index contributed by atoms with van der Waals surface area (Å²) < 4.78 is 5.53. The van der Waals surface area contributed by atoms with Crippen LogP contribution in [0.1, 0.15) is 11.1 Å². The lowest BCUT2D eigenvalue weighted by Gasteiger charge is -2.05. The first kappa shape index (κ1) is 12.2. The largest absolute Gasteiger partial charge is 0.473 e. The molecule has 0 spiro atoms. The molecule has 1 heterocycles. The number of pyridine rings is 1. The average molecular weight is 242 g/mol. The van der Waals surface area contributed by atoms with E-state index in [1.165, 1.54) is 0 Å². The van der Waals surface area contributed by atoms with E-state index in [0.717, 1.165) is 11.1 Å². The molecule has 0 atom stereocenters. The maximum Gasteiger partial charge on any atom is 0.213 e. The molecule has 0 aliphatic heterocycles. The van der Waals surface area contributed by atoms with Crippen LogP contribution in [0.15, 0.2) is 53.8 Å². The van der Waals surface area contributed by atoms with Crippen molar-refractivity contribution in [3.8, 4) is 5.88 Å². The highest BCUT2D eigenvalue weighted by atomic mass is 16.5. The van der Waals surface area contributed by atoms with Gasteiger partial charge >= 0.3 is 0 Å². The van der Waals surface area contributed by atoms with Crippen LogP contribution >= 0.6 is 0 Å². The third kappa shape index (κ3) is 3.66. The van der Waals surface area contributed by atoms with E-state index in [0.29, 0.717) is 25.5 Å². The Morgan fingerprint density at radius 2 is 1.83 bits per heavy atom. The highest BCUT2D eigenvalue weighted by Gasteiger charge is 1.97. The molecular formula is C14H14N2O2. The number of hydrogen-bond donors (Lipinski definition) is 0. The zero-order valence-electron chi connectivity index (χ0n) is 9.95. The fourth-order valence-corrected chi connectivity index (χ4v) is 1.57.